The SMILES string of the molecule is CC(CN(C)C)n1ccnc1-c1ccc(=O)[nH]c1.O=CO.O=CO. The maximum absolute atomic E-state index is 11.1. The molecule has 9 nitrogen and oxygen atoms in total. The molecule has 9 heteroatoms. The summed E-state index contributed by atoms with van der Waals surface area (Å²) in [6, 6.07) is 3.63. The lowest BCUT2D eigenvalue weighted by molar-refractivity contribution is -0.123. The molecule has 3 N–H and O–H groups in total. The Bertz CT molecular complexity index is 639. The predicted octanol–water partition coefficient (Wildman–Crippen LogP) is 0.763. The van der Waals surface area contributed by atoms with Crippen LogP contribution in [0.3, 0.4) is 0 Å². The smallest absolute Gasteiger partial charge is 0.290 e. The molecule has 24 heavy (non-hydrogen) atoms. The third kappa shape index (κ3) is 7.36. The second kappa shape index (κ2) is 11.6. The lowest BCUT2D eigenvalue weighted by Gasteiger charge is -2.20. The molecule has 0 amide bonds. The molecule has 0 saturated carbocycles. The first-order valence-electron chi connectivity index (χ1n) is 6.93. The second-order valence-corrected chi connectivity index (χ2v) is 4.92. The highest BCUT2D eigenvalue weighted by Crippen LogP contribution is 2.19. The van der Waals surface area contributed by atoms with Gasteiger partial charge in [-0.15, -0.1) is 0 Å². The molecule has 0 bridgehead atoms. The summed E-state index contributed by atoms with van der Waals surface area (Å²) in [4.78, 5) is 37.0. The number of H-pyrrole nitrogens is 1. The monoisotopic (exact) mass is 338 g/mol. The van der Waals surface area contributed by atoms with Crippen LogP contribution in [0.5, 0.6) is 0 Å². The molecule has 2 aromatic rings. The molecular weight excluding hydrogens is 316 g/mol. The fourth-order valence-corrected chi connectivity index (χ4v) is 2.06. The van der Waals surface area contributed by atoms with Crippen LogP contribution in [0.15, 0.2) is 35.5 Å². The number of carbonyl (C=O) groups is 2. The minimum Gasteiger partial charge on any atom is -0.483 e. The molecule has 0 aliphatic carbocycles. The number of imidazole rings is 1. The van der Waals surface area contributed by atoms with E-state index in [1.54, 1.807) is 18.5 Å². The largest absolute Gasteiger partial charge is 0.483 e. The van der Waals surface area contributed by atoms with Gasteiger partial charge in [-0.25, -0.2) is 4.98 Å². The minimum absolute atomic E-state index is 0.0989. The van der Waals surface area contributed by atoms with Crippen LogP contribution in [0.25, 0.3) is 11.4 Å². The Balaban J connectivity index is 0.000000772. The molecule has 1 atom stereocenters. The molecular formula is C15H22N4O5. The Labute approximate surface area is 139 Å². The van der Waals surface area contributed by atoms with Crippen molar-refractivity contribution in [3.05, 3.63) is 41.1 Å². The van der Waals surface area contributed by atoms with E-state index < -0.39 is 0 Å². The van der Waals surface area contributed by atoms with E-state index in [2.05, 4.69) is 26.4 Å². The molecule has 0 aliphatic heterocycles. The van der Waals surface area contributed by atoms with Gasteiger partial charge in [-0.3, -0.25) is 14.4 Å². The van der Waals surface area contributed by atoms with Gasteiger partial charge in [0.05, 0.1) is 0 Å². The van der Waals surface area contributed by atoms with Gasteiger partial charge in [-0.2, -0.15) is 0 Å². The lowest BCUT2D eigenvalue weighted by Crippen LogP contribution is -2.22. The third-order valence-electron chi connectivity index (χ3n) is 2.82. The van der Waals surface area contributed by atoms with Crippen molar-refractivity contribution >= 4 is 12.9 Å². The second-order valence-electron chi connectivity index (χ2n) is 4.92. The van der Waals surface area contributed by atoms with Crippen LogP contribution in [-0.4, -0.2) is 63.2 Å². The average Bonchev–Trinajstić information content (AvgIpc) is 2.98. The summed E-state index contributed by atoms with van der Waals surface area (Å²) in [6.45, 7) is 2.59. The zero-order valence-electron chi connectivity index (χ0n) is 13.8. The van der Waals surface area contributed by atoms with Crippen LogP contribution in [0.4, 0.5) is 0 Å². The number of pyridine rings is 1. The van der Waals surface area contributed by atoms with Gasteiger partial charge in [0, 0.05) is 42.8 Å². The van der Waals surface area contributed by atoms with Gasteiger partial charge in [0.15, 0.2) is 0 Å². The Morgan fingerprint density at radius 2 is 1.88 bits per heavy atom. The van der Waals surface area contributed by atoms with Gasteiger partial charge < -0.3 is 24.7 Å². The fraction of sp³-hybridized carbons (Fsp3) is 0.333. The van der Waals surface area contributed by atoms with E-state index in [0.717, 1.165) is 17.9 Å². The molecule has 2 aromatic heterocycles. The summed E-state index contributed by atoms with van der Waals surface area (Å²) >= 11 is 0. The van der Waals surface area contributed by atoms with Crippen LogP contribution >= 0.6 is 0 Å². The average molecular weight is 338 g/mol. The first kappa shape index (κ1) is 21.1. The van der Waals surface area contributed by atoms with E-state index in [1.807, 2.05) is 20.3 Å². The van der Waals surface area contributed by atoms with Gasteiger partial charge in [0.1, 0.15) is 5.82 Å². The normalized spacial score (nSPS) is 10.7. The van der Waals surface area contributed by atoms with Gasteiger partial charge in [-0.1, -0.05) is 0 Å². The number of nitrogens with zero attached hydrogens (tertiary/aromatic N) is 3. The highest BCUT2D eigenvalue weighted by atomic mass is 16.3. The predicted molar refractivity (Wildman–Crippen MR) is 88.9 cm³/mol. The number of carboxylic acid groups (broad SMARTS) is 2. The molecule has 2 heterocycles. The van der Waals surface area contributed by atoms with E-state index in [4.69, 9.17) is 19.8 Å². The van der Waals surface area contributed by atoms with Crippen molar-refractivity contribution in [2.24, 2.45) is 0 Å². The molecule has 0 radical (unpaired) electrons. The van der Waals surface area contributed by atoms with Crippen LogP contribution in [-0.2, 0) is 9.59 Å². The Morgan fingerprint density at radius 1 is 1.29 bits per heavy atom. The van der Waals surface area contributed by atoms with Gasteiger partial charge >= 0.3 is 0 Å². The Morgan fingerprint density at radius 3 is 2.33 bits per heavy atom. The summed E-state index contributed by atoms with van der Waals surface area (Å²) in [6.07, 6.45) is 5.45. The van der Waals surface area contributed by atoms with E-state index in [-0.39, 0.29) is 18.5 Å². The minimum atomic E-state index is -0.250. The lowest BCUT2D eigenvalue weighted by atomic mass is 10.2. The van der Waals surface area contributed by atoms with E-state index >= 15 is 0 Å². The highest BCUT2D eigenvalue weighted by molar-refractivity contribution is 5.53. The fourth-order valence-electron chi connectivity index (χ4n) is 2.06. The van der Waals surface area contributed by atoms with Gasteiger partial charge in [0.2, 0.25) is 5.56 Å². The highest BCUT2D eigenvalue weighted by Gasteiger charge is 2.12. The molecule has 132 valence electrons. The van der Waals surface area contributed by atoms with Crippen molar-refractivity contribution in [1.82, 2.24) is 19.4 Å². The van der Waals surface area contributed by atoms with E-state index in [9.17, 15) is 4.79 Å². The molecule has 0 saturated heterocycles. The third-order valence-corrected chi connectivity index (χ3v) is 2.82. The summed E-state index contributed by atoms with van der Waals surface area (Å²) in [7, 11) is 4.10. The van der Waals surface area contributed by atoms with Crippen LogP contribution in [0, 0.1) is 0 Å². The first-order chi connectivity index (χ1) is 11.4. The van der Waals surface area contributed by atoms with Crippen LogP contribution in [0.2, 0.25) is 0 Å². The number of aromatic amines is 1. The number of rotatable bonds is 4. The molecule has 1 unspecified atom stereocenters. The molecule has 2 rings (SSSR count). The van der Waals surface area contributed by atoms with Gasteiger partial charge in [-0.05, 0) is 27.1 Å². The van der Waals surface area contributed by atoms with Crippen molar-refractivity contribution in [3.8, 4) is 11.4 Å². The summed E-state index contributed by atoms with van der Waals surface area (Å²) in [5, 5.41) is 13.8. The van der Waals surface area contributed by atoms with Crippen molar-refractivity contribution < 1.29 is 19.8 Å². The Kier molecular flexibility index (Phi) is 10.2. The van der Waals surface area contributed by atoms with Crippen LogP contribution in [0.1, 0.15) is 13.0 Å². The zero-order chi connectivity index (χ0) is 18.5. The first-order valence-corrected chi connectivity index (χ1v) is 6.93. The topological polar surface area (TPSA) is 129 Å². The van der Waals surface area contributed by atoms with Crippen molar-refractivity contribution in [1.29, 1.82) is 0 Å². The zero-order valence-corrected chi connectivity index (χ0v) is 13.8. The molecule has 0 aromatic carbocycles. The number of hydrogen-bond donors (Lipinski definition) is 3. The van der Waals surface area contributed by atoms with Crippen molar-refractivity contribution in [2.75, 3.05) is 20.6 Å². The molecule has 0 spiro atoms. The molecule has 0 fully saturated rings. The summed E-state index contributed by atoms with van der Waals surface area (Å²) in [5.41, 5.74) is 0.823. The summed E-state index contributed by atoms with van der Waals surface area (Å²) < 4.78 is 2.12. The summed E-state index contributed by atoms with van der Waals surface area (Å²) in [5.74, 6) is 0.876. The Hall–Kier alpha value is -2.94. The number of aromatic nitrogens is 3. The maximum Gasteiger partial charge on any atom is 0.290 e. The quantitative estimate of drug-likeness (QED) is 0.702. The number of hydrogen-bond acceptors (Lipinski definition) is 5. The van der Waals surface area contributed by atoms with Gasteiger partial charge in [0.25, 0.3) is 12.9 Å². The standard InChI is InChI=1S/C13H18N4O.2CH2O2/c1-10(9-16(2)3)17-7-6-14-13(17)11-4-5-12(18)15-8-11;2*2-1-3/h4-8,10H,9H2,1-3H3,(H,15,18);2*1H,(H,2,3). The number of nitrogens with one attached hydrogen (secondary N) is 1. The van der Waals surface area contributed by atoms with Crippen LogP contribution < -0.4 is 5.56 Å². The van der Waals surface area contributed by atoms with Crippen molar-refractivity contribution in [2.45, 2.75) is 13.0 Å². The maximum atomic E-state index is 11.1. The van der Waals surface area contributed by atoms with E-state index in [0.29, 0.717) is 6.04 Å². The van der Waals surface area contributed by atoms with E-state index in [1.165, 1.54) is 6.07 Å². The number of likely N-dealkylation sites (N-methyl/N-ethyl adjacent to an activating group) is 1. The van der Waals surface area contributed by atoms with Crippen molar-refractivity contribution in [3.63, 3.8) is 0 Å². The molecule has 0 aliphatic rings.